The van der Waals surface area contributed by atoms with Crippen LogP contribution in [0.5, 0.6) is 0 Å². The molecule has 2 heterocycles. The zero-order valence-corrected chi connectivity index (χ0v) is 9.45. The van der Waals surface area contributed by atoms with E-state index in [1.807, 2.05) is 18.2 Å². The van der Waals surface area contributed by atoms with Crippen LogP contribution < -0.4 is 0 Å². The standard InChI is InChI=1S/C13H14N2O2/c1-2-4-10(5-3-1)6-11-7-17-13(15-11)12-8-16-9-14-12/h1-5,9,11-12H,6-8H2. The lowest BCUT2D eigenvalue weighted by molar-refractivity contribution is 0.288. The van der Waals surface area contributed by atoms with Crippen molar-refractivity contribution in [3.8, 4) is 0 Å². The Balaban J connectivity index is 1.65. The van der Waals surface area contributed by atoms with Gasteiger partial charge < -0.3 is 9.47 Å². The van der Waals surface area contributed by atoms with Gasteiger partial charge in [0.25, 0.3) is 0 Å². The quantitative estimate of drug-likeness (QED) is 0.788. The third kappa shape index (κ3) is 2.30. The molecule has 0 fully saturated rings. The van der Waals surface area contributed by atoms with Gasteiger partial charge in [0.2, 0.25) is 5.90 Å². The highest BCUT2D eigenvalue weighted by atomic mass is 16.5. The molecule has 0 radical (unpaired) electrons. The lowest BCUT2D eigenvalue weighted by atomic mass is 10.1. The summed E-state index contributed by atoms with van der Waals surface area (Å²) >= 11 is 0. The summed E-state index contributed by atoms with van der Waals surface area (Å²) in [5, 5.41) is 0. The minimum absolute atomic E-state index is 0.0317. The van der Waals surface area contributed by atoms with Crippen LogP contribution in [0.15, 0.2) is 40.3 Å². The van der Waals surface area contributed by atoms with Crippen LogP contribution in [0, 0.1) is 0 Å². The summed E-state index contributed by atoms with van der Waals surface area (Å²) in [6, 6.07) is 10.5. The van der Waals surface area contributed by atoms with Gasteiger partial charge in [0, 0.05) is 0 Å². The molecule has 0 spiro atoms. The molecule has 0 bridgehead atoms. The highest BCUT2D eigenvalue weighted by molar-refractivity contribution is 5.85. The number of nitrogens with zero attached hydrogens (tertiary/aromatic N) is 2. The molecule has 88 valence electrons. The average molecular weight is 230 g/mol. The SMILES string of the molecule is C1=NC(C2=NC(Cc3ccccc3)CO2)CO1. The van der Waals surface area contributed by atoms with Gasteiger partial charge in [-0.15, -0.1) is 0 Å². The highest BCUT2D eigenvalue weighted by Gasteiger charge is 2.27. The maximum Gasteiger partial charge on any atom is 0.213 e. The lowest BCUT2D eigenvalue weighted by Crippen LogP contribution is -2.20. The molecular weight excluding hydrogens is 216 g/mol. The molecule has 2 unspecified atom stereocenters. The summed E-state index contributed by atoms with van der Waals surface area (Å²) in [5.41, 5.74) is 1.29. The first-order valence-corrected chi connectivity index (χ1v) is 5.79. The van der Waals surface area contributed by atoms with Crippen molar-refractivity contribution in [3.05, 3.63) is 35.9 Å². The van der Waals surface area contributed by atoms with Crippen molar-refractivity contribution < 1.29 is 9.47 Å². The zero-order valence-electron chi connectivity index (χ0n) is 9.45. The molecule has 4 nitrogen and oxygen atoms in total. The maximum absolute atomic E-state index is 5.58. The summed E-state index contributed by atoms with van der Waals surface area (Å²) in [4.78, 5) is 8.72. The Morgan fingerprint density at radius 3 is 2.82 bits per heavy atom. The van der Waals surface area contributed by atoms with Gasteiger partial charge in [-0.3, -0.25) is 0 Å². The van der Waals surface area contributed by atoms with Crippen molar-refractivity contribution in [2.75, 3.05) is 13.2 Å². The van der Waals surface area contributed by atoms with E-state index < -0.39 is 0 Å². The van der Waals surface area contributed by atoms with Gasteiger partial charge in [0.15, 0.2) is 12.4 Å². The van der Waals surface area contributed by atoms with Crippen molar-refractivity contribution in [2.24, 2.45) is 9.98 Å². The number of rotatable bonds is 3. The highest BCUT2D eigenvalue weighted by Crippen LogP contribution is 2.15. The Hall–Kier alpha value is -1.84. The second-order valence-corrected chi connectivity index (χ2v) is 4.23. The minimum atomic E-state index is -0.0317. The fraction of sp³-hybridized carbons (Fsp3) is 0.385. The lowest BCUT2D eigenvalue weighted by Gasteiger charge is -2.04. The van der Waals surface area contributed by atoms with Gasteiger partial charge in [-0.1, -0.05) is 30.3 Å². The summed E-state index contributed by atoms with van der Waals surface area (Å²) < 4.78 is 10.6. The minimum Gasteiger partial charge on any atom is -0.481 e. The van der Waals surface area contributed by atoms with Gasteiger partial charge >= 0.3 is 0 Å². The van der Waals surface area contributed by atoms with Crippen LogP contribution in [0.4, 0.5) is 0 Å². The Bertz CT molecular complexity index is 442. The largest absolute Gasteiger partial charge is 0.481 e. The Labute approximate surface area is 100.0 Å². The Morgan fingerprint density at radius 2 is 2.06 bits per heavy atom. The van der Waals surface area contributed by atoms with Crippen molar-refractivity contribution in [1.82, 2.24) is 0 Å². The van der Waals surface area contributed by atoms with E-state index >= 15 is 0 Å². The summed E-state index contributed by atoms with van der Waals surface area (Å²) in [6.07, 6.45) is 2.39. The monoisotopic (exact) mass is 230 g/mol. The smallest absolute Gasteiger partial charge is 0.213 e. The molecule has 2 aliphatic rings. The number of hydrogen-bond donors (Lipinski definition) is 0. The predicted molar refractivity (Wildman–Crippen MR) is 65.6 cm³/mol. The molecule has 3 rings (SSSR count). The molecule has 2 atom stereocenters. The molecule has 0 aromatic heterocycles. The van der Waals surface area contributed by atoms with Crippen LogP contribution in [0.25, 0.3) is 0 Å². The zero-order chi connectivity index (χ0) is 11.5. The van der Waals surface area contributed by atoms with Gasteiger partial charge in [-0.25, -0.2) is 9.98 Å². The van der Waals surface area contributed by atoms with Crippen LogP contribution in [0.2, 0.25) is 0 Å². The predicted octanol–water partition coefficient (Wildman–Crippen LogP) is 1.45. The van der Waals surface area contributed by atoms with Crippen molar-refractivity contribution in [1.29, 1.82) is 0 Å². The van der Waals surface area contributed by atoms with Crippen molar-refractivity contribution in [2.45, 2.75) is 18.5 Å². The number of hydrogen-bond acceptors (Lipinski definition) is 4. The molecule has 1 aromatic carbocycles. The van der Waals surface area contributed by atoms with Crippen molar-refractivity contribution in [3.63, 3.8) is 0 Å². The van der Waals surface area contributed by atoms with E-state index in [0.717, 1.165) is 12.3 Å². The van der Waals surface area contributed by atoms with Gasteiger partial charge in [0.05, 0.1) is 6.04 Å². The molecular formula is C13H14N2O2. The molecule has 0 saturated heterocycles. The molecule has 0 amide bonds. The summed E-state index contributed by atoms with van der Waals surface area (Å²) in [6.45, 7) is 1.20. The Kier molecular flexibility index (Phi) is 2.78. The topological polar surface area (TPSA) is 43.2 Å². The maximum atomic E-state index is 5.58. The third-order valence-corrected chi connectivity index (χ3v) is 2.90. The van der Waals surface area contributed by atoms with E-state index in [2.05, 4.69) is 22.1 Å². The summed E-state index contributed by atoms with van der Waals surface area (Å²) in [7, 11) is 0. The third-order valence-electron chi connectivity index (χ3n) is 2.90. The summed E-state index contributed by atoms with van der Waals surface area (Å²) in [5.74, 6) is 0.722. The van der Waals surface area contributed by atoms with Crippen LogP contribution in [-0.4, -0.2) is 37.6 Å². The first-order chi connectivity index (χ1) is 8.42. The fourth-order valence-electron chi connectivity index (χ4n) is 2.04. The molecule has 2 aliphatic heterocycles. The molecule has 4 heteroatoms. The van der Waals surface area contributed by atoms with Gasteiger partial charge in [-0.2, -0.15) is 0 Å². The molecule has 1 aromatic rings. The normalized spacial score (nSPS) is 26.5. The van der Waals surface area contributed by atoms with Gasteiger partial charge in [0.1, 0.15) is 13.2 Å². The van der Waals surface area contributed by atoms with Crippen molar-refractivity contribution >= 4 is 12.3 Å². The Morgan fingerprint density at radius 1 is 1.18 bits per heavy atom. The van der Waals surface area contributed by atoms with E-state index in [0.29, 0.717) is 13.2 Å². The number of aliphatic imine (C=N–C) groups is 2. The second-order valence-electron chi connectivity index (χ2n) is 4.23. The van der Waals surface area contributed by atoms with E-state index in [4.69, 9.17) is 9.47 Å². The van der Waals surface area contributed by atoms with E-state index in [-0.39, 0.29) is 12.1 Å². The van der Waals surface area contributed by atoms with Crippen LogP contribution in [-0.2, 0) is 15.9 Å². The second kappa shape index (κ2) is 4.57. The first kappa shape index (κ1) is 10.3. The van der Waals surface area contributed by atoms with Crippen LogP contribution in [0.1, 0.15) is 5.56 Å². The van der Waals surface area contributed by atoms with Crippen LogP contribution >= 0.6 is 0 Å². The number of benzene rings is 1. The fourth-order valence-corrected chi connectivity index (χ4v) is 2.04. The molecule has 17 heavy (non-hydrogen) atoms. The average Bonchev–Trinajstić information content (AvgIpc) is 3.00. The van der Waals surface area contributed by atoms with E-state index in [1.165, 1.54) is 12.0 Å². The van der Waals surface area contributed by atoms with E-state index in [9.17, 15) is 0 Å². The van der Waals surface area contributed by atoms with Crippen LogP contribution in [0.3, 0.4) is 0 Å². The van der Waals surface area contributed by atoms with E-state index in [1.54, 1.807) is 0 Å². The molecule has 0 N–H and O–H groups in total. The number of ether oxygens (including phenoxy) is 2. The first-order valence-electron chi connectivity index (χ1n) is 5.79. The molecule has 0 saturated carbocycles. The molecule has 0 aliphatic carbocycles. The van der Waals surface area contributed by atoms with Gasteiger partial charge in [-0.05, 0) is 12.0 Å².